The zero-order valence-corrected chi connectivity index (χ0v) is 13.9. The minimum Gasteiger partial charge on any atom is -0.491 e. The van der Waals surface area contributed by atoms with Crippen molar-refractivity contribution >= 4 is 49.1 Å². The lowest BCUT2D eigenvalue weighted by molar-refractivity contribution is 0.331. The van der Waals surface area contributed by atoms with Crippen molar-refractivity contribution in [1.82, 2.24) is 0 Å². The van der Waals surface area contributed by atoms with Crippen LogP contribution in [0.1, 0.15) is 0 Å². The normalized spacial score (nSPS) is 10.3. The molecule has 0 aliphatic heterocycles. The minimum absolute atomic E-state index is 0.580. The second-order valence-electron chi connectivity index (χ2n) is 3.86. The molecule has 0 aliphatic rings. The third-order valence-electron chi connectivity index (χ3n) is 2.43. The van der Waals surface area contributed by atoms with Gasteiger partial charge in [0.1, 0.15) is 12.4 Å². The molecule has 0 heterocycles. The van der Waals surface area contributed by atoms with Crippen molar-refractivity contribution in [3.8, 4) is 5.75 Å². The molecule has 0 radical (unpaired) electrons. The van der Waals surface area contributed by atoms with Gasteiger partial charge in [-0.3, -0.25) is 0 Å². The minimum atomic E-state index is 0.580. The predicted molar refractivity (Wildman–Crippen MR) is 87.3 cm³/mol. The molecule has 0 atom stereocenters. The fourth-order valence-electron chi connectivity index (χ4n) is 1.52. The Morgan fingerprint density at radius 1 is 1.05 bits per heavy atom. The van der Waals surface area contributed by atoms with E-state index < -0.39 is 0 Å². The SMILES string of the molecule is Clc1ccc(OCCNc2ccc(Br)cc2)c(Br)c1. The third kappa shape index (κ3) is 4.71. The number of benzene rings is 2. The second kappa shape index (κ2) is 7.17. The van der Waals surface area contributed by atoms with Gasteiger partial charge in [0.15, 0.2) is 0 Å². The molecule has 5 heteroatoms. The van der Waals surface area contributed by atoms with Crippen molar-refractivity contribution in [3.05, 3.63) is 56.4 Å². The molecule has 19 heavy (non-hydrogen) atoms. The molecule has 2 nitrogen and oxygen atoms in total. The smallest absolute Gasteiger partial charge is 0.133 e. The fourth-order valence-corrected chi connectivity index (χ4v) is 2.58. The Kier molecular flexibility index (Phi) is 5.55. The maximum Gasteiger partial charge on any atom is 0.133 e. The molecule has 0 saturated heterocycles. The number of rotatable bonds is 5. The summed E-state index contributed by atoms with van der Waals surface area (Å²) >= 11 is 12.7. The van der Waals surface area contributed by atoms with Gasteiger partial charge in [-0.1, -0.05) is 27.5 Å². The van der Waals surface area contributed by atoms with E-state index in [0.717, 1.165) is 26.9 Å². The summed E-state index contributed by atoms with van der Waals surface area (Å²) < 4.78 is 7.59. The largest absolute Gasteiger partial charge is 0.491 e. The molecule has 0 fully saturated rings. The van der Waals surface area contributed by atoms with Gasteiger partial charge in [-0.2, -0.15) is 0 Å². The quantitative estimate of drug-likeness (QED) is 0.677. The average Bonchev–Trinajstić information content (AvgIpc) is 2.39. The van der Waals surface area contributed by atoms with Crippen molar-refractivity contribution in [2.45, 2.75) is 0 Å². The third-order valence-corrected chi connectivity index (χ3v) is 3.81. The van der Waals surface area contributed by atoms with Gasteiger partial charge < -0.3 is 10.1 Å². The van der Waals surface area contributed by atoms with Crippen molar-refractivity contribution in [3.63, 3.8) is 0 Å². The van der Waals surface area contributed by atoms with Gasteiger partial charge in [-0.25, -0.2) is 0 Å². The lowest BCUT2D eigenvalue weighted by Gasteiger charge is -2.10. The van der Waals surface area contributed by atoms with Crippen molar-refractivity contribution in [1.29, 1.82) is 0 Å². The predicted octanol–water partition coefficient (Wildman–Crippen LogP) is 5.36. The van der Waals surface area contributed by atoms with Crippen LogP contribution >= 0.6 is 43.5 Å². The van der Waals surface area contributed by atoms with Crippen LogP contribution in [-0.2, 0) is 0 Å². The van der Waals surface area contributed by atoms with Crippen LogP contribution in [0.15, 0.2) is 51.4 Å². The van der Waals surface area contributed by atoms with E-state index in [2.05, 4.69) is 37.2 Å². The Morgan fingerprint density at radius 3 is 2.47 bits per heavy atom. The van der Waals surface area contributed by atoms with Gasteiger partial charge in [-0.15, -0.1) is 0 Å². The van der Waals surface area contributed by atoms with Crippen LogP contribution in [0.4, 0.5) is 5.69 Å². The van der Waals surface area contributed by atoms with Gasteiger partial charge in [0, 0.05) is 21.7 Å². The highest BCUT2D eigenvalue weighted by Gasteiger charge is 2.01. The first-order chi connectivity index (χ1) is 9.15. The van der Waals surface area contributed by atoms with Crippen LogP contribution in [0.3, 0.4) is 0 Å². The maximum atomic E-state index is 5.87. The molecule has 0 unspecified atom stereocenters. The monoisotopic (exact) mass is 403 g/mol. The number of anilines is 1. The summed E-state index contributed by atoms with van der Waals surface area (Å²) in [5.74, 6) is 0.794. The van der Waals surface area contributed by atoms with E-state index in [4.69, 9.17) is 16.3 Å². The van der Waals surface area contributed by atoms with Gasteiger partial charge in [0.05, 0.1) is 4.47 Å². The zero-order chi connectivity index (χ0) is 13.7. The summed E-state index contributed by atoms with van der Waals surface area (Å²) in [5.41, 5.74) is 1.07. The van der Waals surface area contributed by atoms with E-state index in [1.807, 2.05) is 42.5 Å². The first-order valence-corrected chi connectivity index (χ1v) is 7.69. The zero-order valence-electron chi connectivity index (χ0n) is 10.00. The second-order valence-corrected chi connectivity index (χ2v) is 6.06. The molecule has 2 aromatic carbocycles. The van der Waals surface area contributed by atoms with E-state index in [9.17, 15) is 0 Å². The number of ether oxygens (including phenoxy) is 1. The van der Waals surface area contributed by atoms with E-state index >= 15 is 0 Å². The molecule has 0 saturated carbocycles. The fraction of sp³-hybridized carbons (Fsp3) is 0.143. The average molecular weight is 406 g/mol. The molecule has 0 aromatic heterocycles. The maximum absolute atomic E-state index is 5.87. The molecule has 1 N–H and O–H groups in total. The summed E-state index contributed by atoms with van der Waals surface area (Å²) in [6, 6.07) is 13.5. The molecule has 2 rings (SSSR count). The molecule has 0 spiro atoms. The van der Waals surface area contributed by atoms with Crippen LogP contribution in [-0.4, -0.2) is 13.2 Å². The van der Waals surface area contributed by atoms with Crippen molar-refractivity contribution < 1.29 is 4.74 Å². The molecule has 0 amide bonds. The van der Waals surface area contributed by atoms with E-state index in [-0.39, 0.29) is 0 Å². The van der Waals surface area contributed by atoms with Crippen molar-refractivity contribution in [2.75, 3.05) is 18.5 Å². The van der Waals surface area contributed by atoms with Crippen LogP contribution in [0.5, 0.6) is 5.75 Å². The Bertz CT molecular complexity index is 546. The molecule has 2 aromatic rings. The van der Waals surface area contributed by atoms with Gasteiger partial charge >= 0.3 is 0 Å². The first kappa shape index (κ1) is 14.7. The lowest BCUT2D eigenvalue weighted by Crippen LogP contribution is -2.11. The van der Waals surface area contributed by atoms with Crippen molar-refractivity contribution in [2.24, 2.45) is 0 Å². The summed E-state index contributed by atoms with van der Waals surface area (Å²) in [5, 5.41) is 3.97. The number of halogens is 3. The van der Waals surface area contributed by atoms with Gasteiger partial charge in [0.2, 0.25) is 0 Å². The molecule has 0 bridgehead atoms. The molecular formula is C14H12Br2ClNO. The van der Waals surface area contributed by atoms with E-state index in [1.165, 1.54) is 0 Å². The van der Waals surface area contributed by atoms with Crippen LogP contribution in [0, 0.1) is 0 Å². The van der Waals surface area contributed by atoms with E-state index in [0.29, 0.717) is 11.6 Å². The van der Waals surface area contributed by atoms with E-state index in [1.54, 1.807) is 0 Å². The Balaban J connectivity index is 1.79. The highest BCUT2D eigenvalue weighted by atomic mass is 79.9. The van der Waals surface area contributed by atoms with Crippen LogP contribution < -0.4 is 10.1 Å². The summed E-state index contributed by atoms with van der Waals surface area (Å²) in [6.07, 6.45) is 0. The standard InChI is InChI=1S/C14H12Br2ClNO/c15-10-1-4-12(5-2-10)18-7-8-19-14-6-3-11(17)9-13(14)16/h1-6,9,18H,7-8H2. The number of nitrogens with one attached hydrogen (secondary N) is 1. The highest BCUT2D eigenvalue weighted by Crippen LogP contribution is 2.27. The summed E-state index contributed by atoms with van der Waals surface area (Å²) in [6.45, 7) is 1.31. The molecular weight excluding hydrogens is 393 g/mol. The Labute approximate surface area is 134 Å². The van der Waals surface area contributed by atoms with Gasteiger partial charge in [-0.05, 0) is 58.4 Å². The Hall–Kier alpha value is -0.710. The summed E-state index contributed by atoms with van der Waals surface area (Å²) in [4.78, 5) is 0. The highest BCUT2D eigenvalue weighted by molar-refractivity contribution is 9.10. The number of hydrogen-bond donors (Lipinski definition) is 1. The topological polar surface area (TPSA) is 21.3 Å². The van der Waals surface area contributed by atoms with Crippen LogP contribution in [0.25, 0.3) is 0 Å². The molecule has 100 valence electrons. The molecule has 0 aliphatic carbocycles. The Morgan fingerprint density at radius 2 is 1.79 bits per heavy atom. The lowest BCUT2D eigenvalue weighted by atomic mass is 10.3. The first-order valence-electron chi connectivity index (χ1n) is 5.72. The summed E-state index contributed by atoms with van der Waals surface area (Å²) in [7, 11) is 0. The van der Waals surface area contributed by atoms with Crippen LogP contribution in [0.2, 0.25) is 5.02 Å². The van der Waals surface area contributed by atoms with Gasteiger partial charge in [0.25, 0.3) is 0 Å². The number of hydrogen-bond acceptors (Lipinski definition) is 2.